The smallest absolute Gasteiger partial charge is 0.475 e. The van der Waals surface area contributed by atoms with Gasteiger partial charge in [-0.2, -0.15) is 13.2 Å². The van der Waals surface area contributed by atoms with Gasteiger partial charge in [0.25, 0.3) is 0 Å². The topological polar surface area (TPSA) is 110 Å². The number of carboxylic acid groups (broad SMARTS) is 1. The molecule has 0 aromatic carbocycles. The quantitative estimate of drug-likeness (QED) is 0.532. The van der Waals surface area contributed by atoms with E-state index in [4.69, 9.17) is 9.90 Å². The predicted molar refractivity (Wildman–Crippen MR) is 104 cm³/mol. The van der Waals surface area contributed by atoms with Crippen molar-refractivity contribution in [1.29, 1.82) is 0 Å². The molecule has 9 nitrogen and oxygen atoms in total. The van der Waals surface area contributed by atoms with Crippen molar-refractivity contribution in [3.63, 3.8) is 0 Å². The van der Waals surface area contributed by atoms with Crippen LogP contribution in [0.5, 0.6) is 0 Å². The Kier molecular flexibility index (Phi) is 11.0. The maximum Gasteiger partial charge on any atom is 0.490 e. The van der Waals surface area contributed by atoms with Gasteiger partial charge in [-0.05, 0) is 38.9 Å². The van der Waals surface area contributed by atoms with Crippen LogP contribution in [-0.4, -0.2) is 111 Å². The predicted octanol–water partition coefficient (Wildman–Crippen LogP) is 0.189. The van der Waals surface area contributed by atoms with Crippen molar-refractivity contribution in [2.24, 2.45) is 0 Å². The standard InChI is InChI=1S/C15H30N4O3S.C2HF3O2/c1-23(21,22)19(11-4-10-17-8-2-3-9-17)12-5-15(20)18-13-6-16-7-14-18;3-2(4,5)1(6)7/h16H,2-14H2,1H3;(H,6,7). The summed E-state index contributed by atoms with van der Waals surface area (Å²) in [6.45, 7) is 7.05. The Morgan fingerprint density at radius 3 is 2.07 bits per heavy atom. The molecule has 2 rings (SSSR count). The highest BCUT2D eigenvalue weighted by atomic mass is 32.2. The molecule has 2 saturated heterocycles. The second kappa shape index (κ2) is 12.4. The van der Waals surface area contributed by atoms with E-state index in [2.05, 4.69) is 10.2 Å². The Bertz CT molecular complexity index is 648. The van der Waals surface area contributed by atoms with Crippen LogP contribution in [0.3, 0.4) is 0 Å². The summed E-state index contributed by atoms with van der Waals surface area (Å²) >= 11 is 0. The molecule has 2 heterocycles. The Morgan fingerprint density at radius 2 is 1.60 bits per heavy atom. The zero-order valence-corrected chi connectivity index (χ0v) is 18.0. The Hall–Kier alpha value is -1.44. The van der Waals surface area contributed by atoms with Crippen LogP contribution in [0.25, 0.3) is 0 Å². The molecular weight excluding hydrogens is 429 g/mol. The lowest BCUT2D eigenvalue weighted by Gasteiger charge is -2.28. The number of aliphatic carboxylic acids is 1. The zero-order valence-electron chi connectivity index (χ0n) is 17.2. The number of nitrogens with one attached hydrogen (secondary N) is 1. The number of nitrogens with zero attached hydrogens (tertiary/aromatic N) is 3. The summed E-state index contributed by atoms with van der Waals surface area (Å²) in [6, 6.07) is 0. The van der Waals surface area contributed by atoms with Crippen LogP contribution in [-0.2, 0) is 19.6 Å². The molecule has 2 N–H and O–H groups in total. The monoisotopic (exact) mass is 460 g/mol. The molecule has 176 valence electrons. The minimum atomic E-state index is -5.08. The van der Waals surface area contributed by atoms with Crippen molar-refractivity contribution in [2.75, 3.05) is 65.2 Å². The number of rotatable bonds is 8. The van der Waals surface area contributed by atoms with Gasteiger partial charge in [-0.25, -0.2) is 17.5 Å². The van der Waals surface area contributed by atoms with E-state index >= 15 is 0 Å². The number of amides is 1. The molecule has 0 saturated carbocycles. The molecule has 1 amide bonds. The average molecular weight is 461 g/mol. The van der Waals surface area contributed by atoms with E-state index in [0.29, 0.717) is 26.2 Å². The molecule has 30 heavy (non-hydrogen) atoms. The minimum absolute atomic E-state index is 0.0553. The number of hydrogen-bond acceptors (Lipinski definition) is 6. The molecule has 0 atom stereocenters. The Labute approximate surface area is 175 Å². The van der Waals surface area contributed by atoms with Crippen LogP contribution in [0.4, 0.5) is 13.2 Å². The van der Waals surface area contributed by atoms with Gasteiger partial charge in [0.05, 0.1) is 6.26 Å². The molecule has 2 aliphatic heterocycles. The van der Waals surface area contributed by atoms with E-state index in [1.165, 1.54) is 23.4 Å². The van der Waals surface area contributed by atoms with Gasteiger partial charge < -0.3 is 20.2 Å². The number of sulfonamides is 1. The summed E-state index contributed by atoms with van der Waals surface area (Å²) in [5.74, 6) is -2.70. The van der Waals surface area contributed by atoms with Gasteiger partial charge in [-0.15, -0.1) is 0 Å². The van der Waals surface area contributed by atoms with Gasteiger partial charge in [-0.3, -0.25) is 4.79 Å². The van der Waals surface area contributed by atoms with Gasteiger partial charge >= 0.3 is 12.1 Å². The largest absolute Gasteiger partial charge is 0.490 e. The normalized spacial score (nSPS) is 18.2. The molecule has 0 unspecified atom stereocenters. The van der Waals surface area contributed by atoms with Crippen molar-refractivity contribution in [2.45, 2.75) is 31.9 Å². The van der Waals surface area contributed by atoms with Gasteiger partial charge in [0.15, 0.2) is 0 Å². The SMILES string of the molecule is CS(=O)(=O)N(CCCN1CCCC1)CCC(=O)N1CCNCC1.O=C(O)C(F)(F)F. The van der Waals surface area contributed by atoms with Crippen LogP contribution in [0.15, 0.2) is 0 Å². The van der Waals surface area contributed by atoms with Crippen molar-refractivity contribution in [3.8, 4) is 0 Å². The maximum absolute atomic E-state index is 12.2. The Balaban J connectivity index is 0.000000553. The maximum atomic E-state index is 12.2. The molecule has 0 bridgehead atoms. The lowest BCUT2D eigenvalue weighted by atomic mass is 10.3. The van der Waals surface area contributed by atoms with Crippen LogP contribution < -0.4 is 5.32 Å². The fraction of sp³-hybridized carbons (Fsp3) is 0.882. The van der Waals surface area contributed by atoms with Gasteiger partial charge in [-0.1, -0.05) is 0 Å². The van der Waals surface area contributed by atoms with Gasteiger partial charge in [0.1, 0.15) is 0 Å². The van der Waals surface area contributed by atoms with Crippen LogP contribution in [0.1, 0.15) is 25.7 Å². The summed E-state index contributed by atoms with van der Waals surface area (Å²) in [7, 11) is -3.26. The van der Waals surface area contributed by atoms with Crippen LogP contribution in [0.2, 0.25) is 0 Å². The van der Waals surface area contributed by atoms with Crippen LogP contribution >= 0.6 is 0 Å². The third-order valence-corrected chi connectivity index (χ3v) is 6.14. The van der Waals surface area contributed by atoms with Gasteiger partial charge in [0.2, 0.25) is 15.9 Å². The van der Waals surface area contributed by atoms with Crippen molar-refractivity contribution in [3.05, 3.63) is 0 Å². The van der Waals surface area contributed by atoms with E-state index in [9.17, 15) is 26.4 Å². The van der Waals surface area contributed by atoms with E-state index in [0.717, 1.165) is 39.1 Å². The number of piperazine rings is 1. The third-order valence-electron chi connectivity index (χ3n) is 4.84. The first-order valence-corrected chi connectivity index (χ1v) is 11.7. The molecule has 0 spiro atoms. The first kappa shape index (κ1) is 26.6. The first-order valence-electron chi connectivity index (χ1n) is 9.87. The number of carbonyl (C=O) groups excluding carboxylic acids is 1. The third kappa shape index (κ3) is 10.5. The number of halogens is 3. The van der Waals surface area contributed by atoms with Gasteiger partial charge in [0, 0.05) is 45.7 Å². The van der Waals surface area contributed by atoms with Crippen molar-refractivity contribution >= 4 is 21.9 Å². The molecule has 0 aromatic rings. The highest BCUT2D eigenvalue weighted by Gasteiger charge is 2.38. The zero-order chi connectivity index (χ0) is 22.8. The first-order chi connectivity index (χ1) is 13.9. The molecule has 0 aromatic heterocycles. The van der Waals surface area contributed by atoms with Crippen LogP contribution in [0, 0.1) is 0 Å². The molecule has 0 aliphatic carbocycles. The van der Waals surface area contributed by atoms with Crippen molar-refractivity contribution < 1.29 is 36.3 Å². The average Bonchev–Trinajstić information content (AvgIpc) is 3.17. The molecule has 13 heteroatoms. The minimum Gasteiger partial charge on any atom is -0.475 e. The molecule has 2 fully saturated rings. The number of carbonyl (C=O) groups is 2. The molecule has 0 radical (unpaired) electrons. The van der Waals surface area contributed by atoms with E-state index < -0.39 is 22.2 Å². The summed E-state index contributed by atoms with van der Waals surface area (Å²) in [6.07, 6.45) is -0.256. The number of carboxylic acids is 1. The van der Waals surface area contributed by atoms with Crippen molar-refractivity contribution in [1.82, 2.24) is 19.4 Å². The second-order valence-electron chi connectivity index (χ2n) is 7.25. The number of hydrogen-bond donors (Lipinski definition) is 2. The summed E-state index contributed by atoms with van der Waals surface area (Å²) in [5, 5.41) is 10.3. The van der Waals surface area contributed by atoms with E-state index in [1.54, 1.807) is 0 Å². The van der Waals surface area contributed by atoms with E-state index in [1.807, 2.05) is 4.90 Å². The molecule has 2 aliphatic rings. The number of likely N-dealkylation sites (tertiary alicyclic amines) is 1. The summed E-state index contributed by atoms with van der Waals surface area (Å²) in [4.78, 5) is 25.3. The fourth-order valence-electron chi connectivity index (χ4n) is 3.21. The molecular formula is C17H31F3N4O5S. The lowest BCUT2D eigenvalue weighted by molar-refractivity contribution is -0.192. The summed E-state index contributed by atoms with van der Waals surface area (Å²) in [5.41, 5.74) is 0. The summed E-state index contributed by atoms with van der Waals surface area (Å²) < 4.78 is 57.0. The second-order valence-corrected chi connectivity index (χ2v) is 9.23. The van der Waals surface area contributed by atoms with E-state index in [-0.39, 0.29) is 12.3 Å². The highest BCUT2D eigenvalue weighted by molar-refractivity contribution is 7.88. The Morgan fingerprint density at radius 1 is 1.07 bits per heavy atom. The highest BCUT2D eigenvalue weighted by Crippen LogP contribution is 2.13. The number of alkyl halides is 3. The fourth-order valence-corrected chi connectivity index (χ4v) is 4.10. The lowest BCUT2D eigenvalue weighted by Crippen LogP contribution is -2.47.